The van der Waals surface area contributed by atoms with Crippen molar-refractivity contribution in [2.45, 2.75) is 5.60 Å². The van der Waals surface area contributed by atoms with E-state index in [-0.39, 0.29) is 0 Å². The van der Waals surface area contributed by atoms with E-state index in [0.29, 0.717) is 0 Å². The Balaban J connectivity index is 2.00. The Hall–Kier alpha value is -3.06. The van der Waals surface area contributed by atoms with Crippen LogP contribution in [0.25, 0.3) is 5.57 Å². The number of ether oxygens (including phenoxy) is 1. The fourth-order valence-corrected chi connectivity index (χ4v) is 3.33. The third-order valence-corrected chi connectivity index (χ3v) is 4.41. The lowest BCUT2D eigenvalue weighted by molar-refractivity contribution is 0.113. The highest BCUT2D eigenvalue weighted by Crippen LogP contribution is 2.46. The van der Waals surface area contributed by atoms with Crippen molar-refractivity contribution < 1.29 is 4.74 Å². The summed E-state index contributed by atoms with van der Waals surface area (Å²) in [5.41, 5.74) is 3.90. The van der Waals surface area contributed by atoms with Gasteiger partial charge in [0.05, 0.1) is 6.26 Å². The standard InChI is InChI=1S/C23H18O/c1-4-11-19(12-5-1)22-17-10-18-24-23(22,20-13-6-2-7-14-20)21-15-8-3-9-16-21/h1-18H. The molecule has 0 unspecified atom stereocenters. The van der Waals surface area contributed by atoms with Crippen LogP contribution in [0.3, 0.4) is 0 Å². The predicted molar refractivity (Wildman–Crippen MR) is 98.3 cm³/mol. The molecule has 1 heterocycles. The number of benzene rings is 3. The van der Waals surface area contributed by atoms with Crippen molar-refractivity contribution in [3.63, 3.8) is 0 Å². The average molecular weight is 310 g/mol. The zero-order valence-electron chi connectivity index (χ0n) is 13.3. The molecule has 0 atom stereocenters. The van der Waals surface area contributed by atoms with Gasteiger partial charge in [0.1, 0.15) is 0 Å². The van der Waals surface area contributed by atoms with Crippen LogP contribution in [0.1, 0.15) is 16.7 Å². The lowest BCUT2D eigenvalue weighted by atomic mass is 9.76. The van der Waals surface area contributed by atoms with Crippen LogP contribution in [0.4, 0.5) is 0 Å². The minimum Gasteiger partial charge on any atom is -0.481 e. The normalized spacial score (nSPS) is 15.4. The van der Waals surface area contributed by atoms with Crippen LogP contribution >= 0.6 is 0 Å². The Labute approximate surface area is 142 Å². The van der Waals surface area contributed by atoms with E-state index in [0.717, 1.165) is 22.3 Å². The maximum Gasteiger partial charge on any atom is 0.184 e. The summed E-state index contributed by atoms with van der Waals surface area (Å²) in [5, 5.41) is 0. The van der Waals surface area contributed by atoms with Crippen molar-refractivity contribution in [2.75, 3.05) is 0 Å². The zero-order chi connectivity index (χ0) is 16.2. The molecule has 1 aliphatic rings. The summed E-state index contributed by atoms with van der Waals surface area (Å²) in [6.45, 7) is 0. The Morgan fingerprint density at radius 1 is 0.583 bits per heavy atom. The van der Waals surface area contributed by atoms with Gasteiger partial charge in [0.2, 0.25) is 0 Å². The first-order chi connectivity index (χ1) is 11.9. The van der Waals surface area contributed by atoms with Gasteiger partial charge in [-0.25, -0.2) is 0 Å². The summed E-state index contributed by atoms with van der Waals surface area (Å²) in [5.74, 6) is 0. The largest absolute Gasteiger partial charge is 0.481 e. The molecule has 1 heteroatoms. The van der Waals surface area contributed by atoms with E-state index in [1.165, 1.54) is 0 Å². The van der Waals surface area contributed by atoms with E-state index in [1.54, 1.807) is 6.26 Å². The molecule has 1 aliphatic heterocycles. The Kier molecular flexibility index (Phi) is 3.76. The molecule has 0 saturated carbocycles. The van der Waals surface area contributed by atoms with Gasteiger partial charge in [-0.2, -0.15) is 0 Å². The first-order valence-electron chi connectivity index (χ1n) is 8.13. The summed E-state index contributed by atoms with van der Waals surface area (Å²) in [6, 6.07) is 31.3. The van der Waals surface area contributed by atoms with Gasteiger partial charge < -0.3 is 4.74 Å². The van der Waals surface area contributed by atoms with Crippen molar-refractivity contribution in [1.29, 1.82) is 0 Å². The monoisotopic (exact) mass is 310 g/mol. The molecule has 24 heavy (non-hydrogen) atoms. The van der Waals surface area contributed by atoms with Crippen LogP contribution < -0.4 is 0 Å². The van der Waals surface area contributed by atoms with Gasteiger partial charge in [-0.3, -0.25) is 0 Å². The molecule has 0 fully saturated rings. The van der Waals surface area contributed by atoms with E-state index in [4.69, 9.17) is 4.74 Å². The second-order valence-electron chi connectivity index (χ2n) is 5.81. The van der Waals surface area contributed by atoms with Gasteiger partial charge in [0.15, 0.2) is 5.60 Å². The number of allylic oxidation sites excluding steroid dienone is 2. The highest BCUT2D eigenvalue weighted by molar-refractivity contribution is 5.79. The van der Waals surface area contributed by atoms with Crippen molar-refractivity contribution in [3.05, 3.63) is 126 Å². The van der Waals surface area contributed by atoms with Crippen LogP contribution in [0, 0.1) is 0 Å². The van der Waals surface area contributed by atoms with E-state index in [9.17, 15) is 0 Å². The fourth-order valence-electron chi connectivity index (χ4n) is 3.33. The molecule has 0 radical (unpaired) electrons. The maximum atomic E-state index is 6.36. The summed E-state index contributed by atoms with van der Waals surface area (Å²) in [6.07, 6.45) is 5.90. The topological polar surface area (TPSA) is 9.23 Å². The average Bonchev–Trinajstić information content (AvgIpc) is 2.70. The molecule has 3 aromatic rings. The SMILES string of the molecule is C1=COC(c2ccccc2)(c2ccccc2)C(c2ccccc2)=C1. The summed E-state index contributed by atoms with van der Waals surface area (Å²) in [4.78, 5) is 0. The van der Waals surface area contributed by atoms with Crippen LogP contribution in [0.2, 0.25) is 0 Å². The van der Waals surface area contributed by atoms with Crippen LogP contribution in [0.5, 0.6) is 0 Å². The van der Waals surface area contributed by atoms with Gasteiger partial charge in [0.25, 0.3) is 0 Å². The molecule has 0 amide bonds. The molecule has 0 bridgehead atoms. The van der Waals surface area contributed by atoms with E-state index in [1.807, 2.05) is 24.3 Å². The van der Waals surface area contributed by atoms with Crippen LogP contribution in [-0.2, 0) is 10.3 Å². The molecule has 3 aromatic carbocycles. The molecule has 116 valence electrons. The molecule has 0 saturated heterocycles. The van der Waals surface area contributed by atoms with E-state index in [2.05, 4.69) is 78.9 Å². The minimum absolute atomic E-state index is 0.640. The molecule has 0 N–H and O–H groups in total. The second-order valence-corrected chi connectivity index (χ2v) is 5.81. The first kappa shape index (κ1) is 14.5. The Morgan fingerprint density at radius 2 is 1.08 bits per heavy atom. The quantitative estimate of drug-likeness (QED) is 0.615. The molecule has 0 spiro atoms. The smallest absolute Gasteiger partial charge is 0.184 e. The lowest BCUT2D eigenvalue weighted by Crippen LogP contribution is -2.32. The van der Waals surface area contributed by atoms with Crippen molar-refractivity contribution >= 4 is 5.57 Å². The highest BCUT2D eigenvalue weighted by Gasteiger charge is 2.41. The third-order valence-electron chi connectivity index (χ3n) is 4.41. The molecule has 0 aliphatic carbocycles. The van der Waals surface area contributed by atoms with Crippen molar-refractivity contribution in [2.24, 2.45) is 0 Å². The van der Waals surface area contributed by atoms with Crippen molar-refractivity contribution in [3.8, 4) is 0 Å². The third kappa shape index (κ3) is 2.35. The van der Waals surface area contributed by atoms with E-state index >= 15 is 0 Å². The predicted octanol–water partition coefficient (Wildman–Crippen LogP) is 5.56. The summed E-state index contributed by atoms with van der Waals surface area (Å²) < 4.78 is 6.36. The maximum absolute atomic E-state index is 6.36. The number of hydrogen-bond acceptors (Lipinski definition) is 1. The Bertz CT molecular complexity index is 822. The Morgan fingerprint density at radius 3 is 1.62 bits per heavy atom. The van der Waals surface area contributed by atoms with Gasteiger partial charge in [-0.05, 0) is 11.6 Å². The molecular formula is C23H18O. The van der Waals surface area contributed by atoms with Gasteiger partial charge in [-0.15, -0.1) is 0 Å². The fraction of sp³-hybridized carbons (Fsp3) is 0.0435. The van der Waals surface area contributed by atoms with Gasteiger partial charge in [-0.1, -0.05) is 97.1 Å². The number of hydrogen-bond donors (Lipinski definition) is 0. The van der Waals surface area contributed by atoms with Crippen molar-refractivity contribution in [1.82, 2.24) is 0 Å². The first-order valence-corrected chi connectivity index (χ1v) is 8.13. The summed E-state index contributed by atoms with van der Waals surface area (Å²) >= 11 is 0. The van der Waals surface area contributed by atoms with E-state index < -0.39 is 5.60 Å². The zero-order valence-corrected chi connectivity index (χ0v) is 13.3. The molecule has 4 rings (SSSR count). The van der Waals surface area contributed by atoms with Crippen LogP contribution in [0.15, 0.2) is 109 Å². The molecular weight excluding hydrogens is 292 g/mol. The molecule has 0 aromatic heterocycles. The second kappa shape index (κ2) is 6.21. The van der Waals surface area contributed by atoms with Gasteiger partial charge >= 0.3 is 0 Å². The van der Waals surface area contributed by atoms with Crippen LogP contribution in [-0.4, -0.2) is 0 Å². The minimum atomic E-state index is -0.640. The lowest BCUT2D eigenvalue weighted by Gasteiger charge is -2.38. The highest BCUT2D eigenvalue weighted by atomic mass is 16.5. The summed E-state index contributed by atoms with van der Waals surface area (Å²) in [7, 11) is 0. The molecule has 1 nitrogen and oxygen atoms in total. The van der Waals surface area contributed by atoms with Gasteiger partial charge in [0, 0.05) is 16.7 Å². The number of rotatable bonds is 3.